The molecule has 150 valence electrons. The van der Waals surface area contributed by atoms with Gasteiger partial charge in [-0.2, -0.15) is 5.10 Å². The standard InChI is InChI=1S/C20H26N4O3S/c1-23(2)28(26,27)17-9-7-16(8-10-17)20(25)21-11-12-24-19(15-5-6-15)13-18(22-24)14-3-4-14/h7-10,13-15H,3-6,11-12H2,1-2H3,(H,21,25). The van der Waals surface area contributed by atoms with Crippen molar-refractivity contribution >= 4 is 15.9 Å². The van der Waals surface area contributed by atoms with Crippen LogP contribution in [-0.2, 0) is 16.6 Å². The van der Waals surface area contributed by atoms with E-state index in [9.17, 15) is 13.2 Å². The average Bonchev–Trinajstić information content (AvgIpc) is 3.60. The summed E-state index contributed by atoms with van der Waals surface area (Å²) in [5.74, 6) is 1.04. The Kier molecular flexibility index (Phi) is 5.01. The van der Waals surface area contributed by atoms with Gasteiger partial charge in [0, 0.05) is 43.7 Å². The van der Waals surface area contributed by atoms with Crippen molar-refractivity contribution in [1.82, 2.24) is 19.4 Å². The van der Waals surface area contributed by atoms with Gasteiger partial charge in [-0.15, -0.1) is 0 Å². The van der Waals surface area contributed by atoms with E-state index < -0.39 is 10.0 Å². The minimum absolute atomic E-state index is 0.173. The van der Waals surface area contributed by atoms with Crippen LogP contribution in [0.4, 0.5) is 0 Å². The zero-order chi connectivity index (χ0) is 19.9. The number of hydrogen-bond donors (Lipinski definition) is 1. The van der Waals surface area contributed by atoms with Crippen LogP contribution in [0.15, 0.2) is 35.2 Å². The Morgan fingerprint density at radius 2 is 1.79 bits per heavy atom. The maximum atomic E-state index is 12.4. The number of sulfonamides is 1. The monoisotopic (exact) mass is 402 g/mol. The zero-order valence-electron chi connectivity index (χ0n) is 16.3. The van der Waals surface area contributed by atoms with Gasteiger partial charge in [0.1, 0.15) is 0 Å². The molecular weight excluding hydrogens is 376 g/mol. The van der Waals surface area contributed by atoms with Crippen molar-refractivity contribution in [3.8, 4) is 0 Å². The fourth-order valence-corrected chi connectivity index (χ4v) is 4.19. The number of amides is 1. The molecule has 0 radical (unpaired) electrons. The van der Waals surface area contributed by atoms with E-state index >= 15 is 0 Å². The van der Waals surface area contributed by atoms with Gasteiger partial charge in [0.15, 0.2) is 0 Å². The molecule has 2 aliphatic carbocycles. The van der Waals surface area contributed by atoms with Gasteiger partial charge in [-0.05, 0) is 56.0 Å². The summed E-state index contributed by atoms with van der Waals surface area (Å²) >= 11 is 0. The molecule has 0 bridgehead atoms. The fraction of sp³-hybridized carbons (Fsp3) is 0.500. The Balaban J connectivity index is 1.36. The van der Waals surface area contributed by atoms with E-state index in [-0.39, 0.29) is 10.8 Å². The Labute approximate surface area is 165 Å². The minimum Gasteiger partial charge on any atom is -0.350 e. The Hall–Kier alpha value is -2.19. The van der Waals surface area contributed by atoms with E-state index in [0.29, 0.717) is 30.5 Å². The molecule has 28 heavy (non-hydrogen) atoms. The molecule has 0 saturated heterocycles. The van der Waals surface area contributed by atoms with Crippen molar-refractivity contribution in [1.29, 1.82) is 0 Å². The lowest BCUT2D eigenvalue weighted by Gasteiger charge is -2.12. The third-order valence-electron chi connectivity index (χ3n) is 5.33. The summed E-state index contributed by atoms with van der Waals surface area (Å²) in [5.41, 5.74) is 2.94. The van der Waals surface area contributed by atoms with Crippen LogP contribution in [0.1, 0.15) is 59.3 Å². The van der Waals surface area contributed by atoms with Crippen molar-refractivity contribution in [3.05, 3.63) is 47.3 Å². The molecule has 2 fully saturated rings. The van der Waals surface area contributed by atoms with Crippen molar-refractivity contribution < 1.29 is 13.2 Å². The first kappa shape index (κ1) is 19.1. The van der Waals surface area contributed by atoms with Crippen LogP contribution in [0.3, 0.4) is 0 Å². The van der Waals surface area contributed by atoms with E-state index in [1.54, 1.807) is 12.1 Å². The van der Waals surface area contributed by atoms with Crippen LogP contribution in [0.2, 0.25) is 0 Å². The molecule has 2 aromatic rings. The quantitative estimate of drug-likeness (QED) is 0.734. The van der Waals surface area contributed by atoms with Crippen molar-refractivity contribution in [2.24, 2.45) is 0 Å². The van der Waals surface area contributed by atoms with Crippen LogP contribution in [-0.4, -0.2) is 49.1 Å². The molecule has 2 saturated carbocycles. The van der Waals surface area contributed by atoms with Crippen LogP contribution in [0.5, 0.6) is 0 Å². The zero-order valence-corrected chi connectivity index (χ0v) is 17.1. The van der Waals surface area contributed by atoms with Gasteiger partial charge >= 0.3 is 0 Å². The van der Waals surface area contributed by atoms with E-state index in [1.807, 2.05) is 0 Å². The second-order valence-electron chi connectivity index (χ2n) is 7.83. The summed E-state index contributed by atoms with van der Waals surface area (Å²) in [6.45, 7) is 1.14. The molecule has 2 aliphatic rings. The largest absolute Gasteiger partial charge is 0.350 e. The van der Waals surface area contributed by atoms with Gasteiger partial charge in [0.2, 0.25) is 10.0 Å². The van der Waals surface area contributed by atoms with Crippen molar-refractivity contribution in [2.75, 3.05) is 20.6 Å². The highest BCUT2D eigenvalue weighted by Gasteiger charge is 2.32. The number of nitrogens with one attached hydrogen (secondary N) is 1. The summed E-state index contributed by atoms with van der Waals surface area (Å²) < 4.78 is 27.4. The molecule has 0 atom stereocenters. The van der Waals surface area contributed by atoms with Gasteiger partial charge in [0.05, 0.1) is 17.1 Å². The number of benzene rings is 1. The Morgan fingerprint density at radius 1 is 1.14 bits per heavy atom. The Bertz CT molecular complexity index is 971. The molecule has 8 heteroatoms. The summed E-state index contributed by atoms with van der Waals surface area (Å²) in [6, 6.07) is 8.26. The van der Waals surface area contributed by atoms with Gasteiger partial charge in [-0.1, -0.05) is 0 Å². The number of carbonyl (C=O) groups excluding carboxylic acids is 1. The summed E-state index contributed by atoms with van der Waals surface area (Å²) in [6.07, 6.45) is 4.92. The summed E-state index contributed by atoms with van der Waals surface area (Å²) in [4.78, 5) is 12.6. The first-order chi connectivity index (χ1) is 13.4. The van der Waals surface area contributed by atoms with Crippen molar-refractivity contribution in [3.63, 3.8) is 0 Å². The van der Waals surface area contributed by atoms with Crippen LogP contribution in [0, 0.1) is 0 Å². The molecule has 0 spiro atoms. The highest BCUT2D eigenvalue weighted by atomic mass is 32.2. The normalized spacial score (nSPS) is 17.1. The number of nitrogens with zero attached hydrogens (tertiary/aromatic N) is 3. The first-order valence-corrected chi connectivity index (χ1v) is 11.2. The van der Waals surface area contributed by atoms with Crippen LogP contribution >= 0.6 is 0 Å². The summed E-state index contributed by atoms with van der Waals surface area (Å²) in [7, 11) is -0.525. The number of aromatic nitrogens is 2. The highest BCUT2D eigenvalue weighted by Crippen LogP contribution is 2.44. The molecule has 1 aromatic heterocycles. The molecule has 4 rings (SSSR count). The smallest absolute Gasteiger partial charge is 0.251 e. The van der Waals surface area contributed by atoms with E-state index in [4.69, 9.17) is 5.10 Å². The van der Waals surface area contributed by atoms with E-state index in [1.165, 1.54) is 63.3 Å². The average molecular weight is 403 g/mol. The molecule has 1 amide bonds. The lowest BCUT2D eigenvalue weighted by Crippen LogP contribution is -2.28. The van der Waals surface area contributed by atoms with Gasteiger partial charge in [-0.25, -0.2) is 12.7 Å². The SMILES string of the molecule is CN(C)S(=O)(=O)c1ccc(C(=O)NCCn2nc(C3CC3)cc2C2CC2)cc1. The Morgan fingerprint density at radius 3 is 2.36 bits per heavy atom. The lowest BCUT2D eigenvalue weighted by molar-refractivity contribution is 0.0951. The van der Waals surface area contributed by atoms with Gasteiger partial charge < -0.3 is 5.32 Å². The molecule has 1 heterocycles. The number of carbonyl (C=O) groups is 1. The van der Waals surface area contributed by atoms with Crippen LogP contribution < -0.4 is 5.32 Å². The third-order valence-corrected chi connectivity index (χ3v) is 7.15. The van der Waals surface area contributed by atoms with E-state index in [0.717, 1.165) is 4.31 Å². The van der Waals surface area contributed by atoms with Crippen molar-refractivity contribution in [2.45, 2.75) is 49.0 Å². The topological polar surface area (TPSA) is 84.3 Å². The molecule has 1 aromatic carbocycles. The molecular formula is C20H26N4O3S. The fourth-order valence-electron chi connectivity index (χ4n) is 3.28. The number of hydrogen-bond acceptors (Lipinski definition) is 4. The molecule has 0 aliphatic heterocycles. The number of rotatable bonds is 8. The van der Waals surface area contributed by atoms with Gasteiger partial charge in [0.25, 0.3) is 5.91 Å². The first-order valence-electron chi connectivity index (χ1n) is 9.74. The minimum atomic E-state index is -3.49. The predicted molar refractivity (Wildman–Crippen MR) is 106 cm³/mol. The second kappa shape index (κ2) is 7.33. The molecule has 1 N–H and O–H groups in total. The second-order valence-corrected chi connectivity index (χ2v) is 9.99. The van der Waals surface area contributed by atoms with E-state index in [2.05, 4.69) is 16.1 Å². The molecule has 0 unspecified atom stereocenters. The lowest BCUT2D eigenvalue weighted by atomic mass is 10.2. The third kappa shape index (κ3) is 3.98. The van der Waals surface area contributed by atoms with Gasteiger partial charge in [-0.3, -0.25) is 9.48 Å². The molecule has 7 nitrogen and oxygen atoms in total. The predicted octanol–water partition coefficient (Wildman–Crippen LogP) is 2.32. The highest BCUT2D eigenvalue weighted by molar-refractivity contribution is 7.89. The summed E-state index contributed by atoms with van der Waals surface area (Å²) in [5, 5.41) is 7.66. The maximum Gasteiger partial charge on any atom is 0.251 e. The maximum absolute atomic E-state index is 12.4. The van der Waals surface area contributed by atoms with Crippen LogP contribution in [0.25, 0.3) is 0 Å².